The van der Waals surface area contributed by atoms with Crippen molar-refractivity contribution in [3.05, 3.63) is 44.0 Å². The summed E-state index contributed by atoms with van der Waals surface area (Å²) in [5.41, 5.74) is 8.07. The van der Waals surface area contributed by atoms with Crippen molar-refractivity contribution in [3.63, 3.8) is 0 Å². The summed E-state index contributed by atoms with van der Waals surface area (Å²) in [6, 6.07) is 8.39. The number of anilines is 1. The summed E-state index contributed by atoms with van der Waals surface area (Å²) in [5.74, 6) is 0. The molecule has 15 heavy (non-hydrogen) atoms. The average molecular weight is 330 g/mol. The van der Waals surface area contributed by atoms with Crippen molar-refractivity contribution >= 4 is 39.1 Å². The molecule has 78 valence electrons. The molecule has 0 saturated carbocycles. The third-order valence-electron chi connectivity index (χ3n) is 2.22. The van der Waals surface area contributed by atoms with Gasteiger partial charge in [0, 0.05) is 14.9 Å². The zero-order chi connectivity index (χ0) is 10.8. The van der Waals surface area contributed by atoms with Crippen molar-refractivity contribution in [2.75, 3.05) is 5.73 Å². The molecule has 0 saturated heterocycles. The minimum atomic E-state index is 0.661. The normalized spacial score (nSPS) is 10.5. The maximum Gasteiger partial charge on any atom is 0.180 e. The first-order chi connectivity index (χ1) is 7.16. The Hall–Kier alpha value is -0.620. The number of hydrogen-bond acceptors (Lipinski definition) is 3. The van der Waals surface area contributed by atoms with E-state index in [0.29, 0.717) is 5.13 Å². The van der Waals surface area contributed by atoms with Crippen molar-refractivity contribution in [1.29, 1.82) is 0 Å². The topological polar surface area (TPSA) is 38.9 Å². The smallest absolute Gasteiger partial charge is 0.180 e. The highest BCUT2D eigenvalue weighted by molar-refractivity contribution is 14.1. The van der Waals surface area contributed by atoms with Crippen LogP contribution in [0, 0.1) is 10.5 Å². The number of rotatable bonds is 2. The maximum atomic E-state index is 5.68. The molecular formula is C11H11IN2S. The molecule has 0 fully saturated rings. The van der Waals surface area contributed by atoms with E-state index >= 15 is 0 Å². The standard InChI is InChI=1S/C11H11IN2S/c1-7-10(15-11(13)14-7)6-8-4-2-3-5-9(8)12/h2-5H,6H2,1H3,(H2,13,14). The first-order valence-electron chi connectivity index (χ1n) is 4.62. The number of hydrogen-bond donors (Lipinski definition) is 1. The van der Waals surface area contributed by atoms with Crippen molar-refractivity contribution in [2.45, 2.75) is 13.3 Å². The molecule has 0 bridgehead atoms. The maximum absolute atomic E-state index is 5.68. The zero-order valence-electron chi connectivity index (χ0n) is 8.33. The first kappa shape index (κ1) is 10.9. The zero-order valence-corrected chi connectivity index (χ0v) is 11.3. The van der Waals surface area contributed by atoms with E-state index in [1.165, 1.54) is 14.0 Å². The van der Waals surface area contributed by atoms with Gasteiger partial charge in [-0.2, -0.15) is 0 Å². The van der Waals surface area contributed by atoms with Gasteiger partial charge in [0.15, 0.2) is 5.13 Å². The lowest BCUT2D eigenvalue weighted by Crippen LogP contribution is -1.90. The summed E-state index contributed by atoms with van der Waals surface area (Å²) < 4.78 is 1.29. The van der Waals surface area contributed by atoms with Gasteiger partial charge in [0.1, 0.15) is 0 Å². The second-order valence-electron chi connectivity index (χ2n) is 3.33. The lowest BCUT2D eigenvalue weighted by atomic mass is 10.1. The van der Waals surface area contributed by atoms with Crippen LogP contribution in [0.5, 0.6) is 0 Å². The number of thiazole rings is 1. The molecule has 0 radical (unpaired) electrons. The second kappa shape index (κ2) is 4.49. The van der Waals surface area contributed by atoms with Gasteiger partial charge in [-0.05, 0) is 41.1 Å². The van der Waals surface area contributed by atoms with Crippen molar-refractivity contribution in [3.8, 4) is 0 Å². The number of nitrogens with zero attached hydrogens (tertiary/aromatic N) is 1. The molecule has 0 atom stereocenters. The van der Waals surface area contributed by atoms with E-state index in [9.17, 15) is 0 Å². The van der Waals surface area contributed by atoms with E-state index < -0.39 is 0 Å². The third-order valence-corrected chi connectivity index (χ3v) is 4.26. The highest BCUT2D eigenvalue weighted by Gasteiger charge is 2.07. The Labute approximate surface area is 107 Å². The van der Waals surface area contributed by atoms with Crippen LogP contribution in [0.4, 0.5) is 5.13 Å². The highest BCUT2D eigenvalue weighted by atomic mass is 127. The summed E-state index contributed by atoms with van der Waals surface area (Å²) in [5, 5.41) is 0.661. The van der Waals surface area contributed by atoms with Crippen LogP contribution >= 0.6 is 33.9 Å². The minimum absolute atomic E-state index is 0.661. The van der Waals surface area contributed by atoms with Crippen LogP contribution in [0.1, 0.15) is 16.1 Å². The molecule has 1 aromatic heterocycles. The molecule has 2 nitrogen and oxygen atoms in total. The number of benzene rings is 1. The summed E-state index contributed by atoms with van der Waals surface area (Å²) >= 11 is 3.94. The number of nitrogen functional groups attached to an aromatic ring is 1. The lowest BCUT2D eigenvalue weighted by Gasteiger charge is -2.02. The van der Waals surface area contributed by atoms with E-state index in [1.807, 2.05) is 6.92 Å². The summed E-state index contributed by atoms with van der Waals surface area (Å²) in [6.45, 7) is 2.01. The van der Waals surface area contributed by atoms with Crippen LogP contribution in [0.15, 0.2) is 24.3 Å². The lowest BCUT2D eigenvalue weighted by molar-refractivity contribution is 1.14. The number of aromatic nitrogens is 1. The molecule has 0 amide bonds. The molecule has 2 N–H and O–H groups in total. The molecule has 0 spiro atoms. The van der Waals surface area contributed by atoms with Gasteiger partial charge in [-0.1, -0.05) is 18.2 Å². The molecule has 0 aliphatic carbocycles. The van der Waals surface area contributed by atoms with Crippen LogP contribution in [0.25, 0.3) is 0 Å². The van der Waals surface area contributed by atoms with E-state index in [2.05, 4.69) is 51.8 Å². The monoisotopic (exact) mass is 330 g/mol. The van der Waals surface area contributed by atoms with Gasteiger partial charge >= 0.3 is 0 Å². The second-order valence-corrected chi connectivity index (χ2v) is 5.61. The van der Waals surface area contributed by atoms with Gasteiger partial charge in [0.2, 0.25) is 0 Å². The van der Waals surface area contributed by atoms with Gasteiger partial charge < -0.3 is 5.73 Å². The fourth-order valence-electron chi connectivity index (χ4n) is 1.43. The largest absolute Gasteiger partial charge is 0.375 e. The van der Waals surface area contributed by atoms with E-state index in [4.69, 9.17) is 5.73 Å². The minimum Gasteiger partial charge on any atom is -0.375 e. The van der Waals surface area contributed by atoms with Crippen molar-refractivity contribution in [1.82, 2.24) is 4.98 Å². The molecule has 2 aromatic rings. The molecule has 1 aromatic carbocycles. The quantitative estimate of drug-likeness (QED) is 0.859. The Morgan fingerprint density at radius 2 is 2.13 bits per heavy atom. The van der Waals surface area contributed by atoms with Gasteiger partial charge in [-0.15, -0.1) is 11.3 Å². The van der Waals surface area contributed by atoms with E-state index in [1.54, 1.807) is 11.3 Å². The Kier molecular flexibility index (Phi) is 3.25. The van der Waals surface area contributed by atoms with Gasteiger partial charge in [0.25, 0.3) is 0 Å². The fourth-order valence-corrected chi connectivity index (χ4v) is 2.86. The molecule has 1 heterocycles. The average Bonchev–Trinajstić information content (AvgIpc) is 2.49. The van der Waals surface area contributed by atoms with Crippen LogP contribution in [0.2, 0.25) is 0 Å². The molecule has 0 unspecified atom stereocenters. The first-order valence-corrected chi connectivity index (χ1v) is 6.51. The number of halogens is 1. The van der Waals surface area contributed by atoms with Crippen LogP contribution in [0.3, 0.4) is 0 Å². The molecule has 0 aliphatic rings. The van der Waals surface area contributed by atoms with Gasteiger partial charge in [-0.3, -0.25) is 0 Å². The van der Waals surface area contributed by atoms with Gasteiger partial charge in [0.05, 0.1) is 5.69 Å². The Morgan fingerprint density at radius 3 is 2.73 bits per heavy atom. The summed E-state index contributed by atoms with van der Waals surface area (Å²) in [7, 11) is 0. The molecule has 0 aliphatic heterocycles. The molecule has 2 rings (SSSR count). The number of aryl methyl sites for hydroxylation is 1. The van der Waals surface area contributed by atoms with Crippen molar-refractivity contribution in [2.24, 2.45) is 0 Å². The highest BCUT2D eigenvalue weighted by Crippen LogP contribution is 2.24. The number of nitrogens with two attached hydrogens (primary N) is 1. The fraction of sp³-hybridized carbons (Fsp3) is 0.182. The Bertz CT molecular complexity index is 479. The summed E-state index contributed by atoms with van der Waals surface area (Å²) in [4.78, 5) is 5.49. The van der Waals surface area contributed by atoms with Gasteiger partial charge in [-0.25, -0.2) is 4.98 Å². The van der Waals surface area contributed by atoms with E-state index in [-0.39, 0.29) is 0 Å². The molecular weight excluding hydrogens is 319 g/mol. The Morgan fingerprint density at radius 1 is 1.40 bits per heavy atom. The molecule has 4 heteroatoms. The predicted octanol–water partition coefficient (Wildman–Crippen LogP) is 3.23. The predicted molar refractivity (Wildman–Crippen MR) is 73.2 cm³/mol. The SMILES string of the molecule is Cc1nc(N)sc1Cc1ccccc1I. The van der Waals surface area contributed by atoms with Crippen LogP contribution in [-0.4, -0.2) is 4.98 Å². The van der Waals surface area contributed by atoms with Crippen LogP contribution < -0.4 is 5.73 Å². The summed E-state index contributed by atoms with van der Waals surface area (Å²) in [6.07, 6.45) is 0.930. The Balaban J connectivity index is 2.29. The van der Waals surface area contributed by atoms with Crippen molar-refractivity contribution < 1.29 is 0 Å². The van der Waals surface area contributed by atoms with Crippen LogP contribution in [-0.2, 0) is 6.42 Å². The third kappa shape index (κ3) is 2.49. The van der Waals surface area contributed by atoms with E-state index in [0.717, 1.165) is 12.1 Å².